The van der Waals surface area contributed by atoms with Gasteiger partial charge in [-0.05, 0) is 65.8 Å². The SMILES string of the molecule is Cc1ccc2ncccc2c1OCC(O)CN1CCN(C2c3ccccc3CCc3ccccc32)CC1. The molecule has 4 aromatic rings. The van der Waals surface area contributed by atoms with Crippen LogP contribution in [0.1, 0.15) is 33.9 Å². The number of ether oxygens (including phenoxy) is 1. The number of aliphatic hydroxyl groups is 1. The second-order valence-electron chi connectivity index (χ2n) is 10.4. The number of aliphatic hydroxyl groups excluding tert-OH is 1. The molecule has 1 fully saturated rings. The zero-order valence-electron chi connectivity index (χ0n) is 21.5. The van der Waals surface area contributed by atoms with Gasteiger partial charge in [-0.25, -0.2) is 0 Å². The van der Waals surface area contributed by atoms with Crippen molar-refractivity contribution in [3.8, 4) is 5.75 Å². The maximum Gasteiger partial charge on any atom is 0.131 e. The molecule has 0 bridgehead atoms. The van der Waals surface area contributed by atoms with Gasteiger partial charge in [-0.15, -0.1) is 0 Å². The third-order valence-corrected chi connectivity index (χ3v) is 7.96. The monoisotopic (exact) mass is 493 g/mol. The zero-order valence-corrected chi connectivity index (χ0v) is 21.5. The predicted molar refractivity (Wildman–Crippen MR) is 148 cm³/mol. The summed E-state index contributed by atoms with van der Waals surface area (Å²) < 4.78 is 6.13. The third kappa shape index (κ3) is 4.99. The maximum absolute atomic E-state index is 10.8. The van der Waals surface area contributed by atoms with Crippen LogP contribution >= 0.6 is 0 Å². The van der Waals surface area contributed by atoms with Crippen LogP contribution in [-0.2, 0) is 12.8 Å². The molecule has 1 unspecified atom stereocenters. The van der Waals surface area contributed by atoms with E-state index in [1.165, 1.54) is 22.3 Å². The topological polar surface area (TPSA) is 48.8 Å². The smallest absolute Gasteiger partial charge is 0.131 e. The van der Waals surface area contributed by atoms with E-state index in [-0.39, 0.29) is 6.61 Å². The van der Waals surface area contributed by atoms with Crippen molar-refractivity contribution >= 4 is 10.9 Å². The molecule has 0 spiro atoms. The number of hydrogen-bond donors (Lipinski definition) is 1. The van der Waals surface area contributed by atoms with Gasteiger partial charge in [0.1, 0.15) is 18.5 Å². The van der Waals surface area contributed by atoms with Gasteiger partial charge in [0.15, 0.2) is 0 Å². The first kappa shape index (κ1) is 24.1. The molecular weight excluding hydrogens is 458 g/mol. The van der Waals surface area contributed by atoms with E-state index in [4.69, 9.17) is 4.74 Å². The quantitative estimate of drug-likeness (QED) is 0.419. The first-order valence-electron chi connectivity index (χ1n) is 13.4. The molecule has 190 valence electrons. The summed E-state index contributed by atoms with van der Waals surface area (Å²) in [4.78, 5) is 9.43. The molecule has 1 aliphatic carbocycles. The minimum absolute atomic E-state index is 0.276. The lowest BCUT2D eigenvalue weighted by Gasteiger charge is -2.40. The number of aromatic nitrogens is 1. The average Bonchev–Trinajstić information content (AvgIpc) is 3.10. The highest BCUT2D eigenvalue weighted by Gasteiger charge is 2.31. The number of nitrogens with zero attached hydrogens (tertiary/aromatic N) is 3. The Labute approximate surface area is 219 Å². The van der Waals surface area contributed by atoms with Gasteiger partial charge in [0.2, 0.25) is 0 Å². The lowest BCUT2D eigenvalue weighted by atomic mass is 9.92. The van der Waals surface area contributed by atoms with E-state index < -0.39 is 6.10 Å². The van der Waals surface area contributed by atoms with Crippen LogP contribution < -0.4 is 4.74 Å². The van der Waals surface area contributed by atoms with Crippen LogP contribution in [0.15, 0.2) is 79.0 Å². The molecule has 6 rings (SSSR count). The van der Waals surface area contributed by atoms with Crippen molar-refractivity contribution in [1.29, 1.82) is 0 Å². The minimum atomic E-state index is -0.544. The van der Waals surface area contributed by atoms with Crippen LogP contribution in [0.4, 0.5) is 0 Å². The molecule has 2 heterocycles. The van der Waals surface area contributed by atoms with E-state index in [2.05, 4.69) is 63.3 Å². The highest BCUT2D eigenvalue weighted by atomic mass is 16.5. The molecule has 1 N–H and O–H groups in total. The number of hydrogen-bond acceptors (Lipinski definition) is 5. The number of pyridine rings is 1. The van der Waals surface area contributed by atoms with Crippen molar-refractivity contribution in [1.82, 2.24) is 14.8 Å². The summed E-state index contributed by atoms with van der Waals surface area (Å²) in [6, 6.07) is 26.2. The second-order valence-corrected chi connectivity index (χ2v) is 10.4. The minimum Gasteiger partial charge on any atom is -0.490 e. The molecule has 5 nitrogen and oxygen atoms in total. The summed E-state index contributed by atoms with van der Waals surface area (Å²) in [5.74, 6) is 0.820. The van der Waals surface area contributed by atoms with Gasteiger partial charge in [-0.3, -0.25) is 14.8 Å². The van der Waals surface area contributed by atoms with Crippen LogP contribution in [0.25, 0.3) is 10.9 Å². The largest absolute Gasteiger partial charge is 0.490 e. The van der Waals surface area contributed by atoms with E-state index >= 15 is 0 Å². The predicted octanol–water partition coefficient (Wildman–Crippen LogP) is 4.79. The van der Waals surface area contributed by atoms with Gasteiger partial charge >= 0.3 is 0 Å². The van der Waals surface area contributed by atoms with E-state index in [1.807, 2.05) is 31.2 Å². The summed E-state index contributed by atoms with van der Waals surface area (Å²) >= 11 is 0. The number of aryl methyl sites for hydroxylation is 3. The summed E-state index contributed by atoms with van der Waals surface area (Å²) in [5.41, 5.74) is 7.82. The number of rotatable bonds is 6. The normalized spacial score (nSPS) is 17.7. The van der Waals surface area contributed by atoms with Crippen molar-refractivity contribution in [2.45, 2.75) is 31.9 Å². The summed E-state index contributed by atoms with van der Waals surface area (Å²) in [6.45, 7) is 6.78. The molecule has 3 aromatic carbocycles. The van der Waals surface area contributed by atoms with Crippen LogP contribution in [-0.4, -0.2) is 65.3 Å². The van der Waals surface area contributed by atoms with Gasteiger partial charge in [0.25, 0.3) is 0 Å². The van der Waals surface area contributed by atoms with Gasteiger partial charge in [-0.1, -0.05) is 54.6 Å². The Morgan fingerprint density at radius 3 is 2.24 bits per heavy atom. The Morgan fingerprint density at radius 1 is 0.865 bits per heavy atom. The lowest BCUT2D eigenvalue weighted by Crippen LogP contribution is -2.50. The molecule has 0 radical (unpaired) electrons. The molecular formula is C32H35N3O2. The molecule has 0 saturated carbocycles. The molecule has 5 heteroatoms. The third-order valence-electron chi connectivity index (χ3n) is 7.96. The number of benzene rings is 3. The first-order valence-corrected chi connectivity index (χ1v) is 13.4. The number of piperazine rings is 1. The van der Waals surface area contributed by atoms with E-state index in [1.54, 1.807) is 6.20 Å². The highest BCUT2D eigenvalue weighted by molar-refractivity contribution is 5.86. The van der Waals surface area contributed by atoms with Crippen LogP contribution in [0.5, 0.6) is 5.75 Å². The van der Waals surface area contributed by atoms with Crippen LogP contribution in [0.3, 0.4) is 0 Å². The zero-order chi connectivity index (χ0) is 25.2. The van der Waals surface area contributed by atoms with E-state index in [0.29, 0.717) is 12.6 Å². The van der Waals surface area contributed by atoms with Crippen molar-refractivity contribution in [2.24, 2.45) is 0 Å². The van der Waals surface area contributed by atoms with Crippen molar-refractivity contribution < 1.29 is 9.84 Å². The van der Waals surface area contributed by atoms with Crippen molar-refractivity contribution in [2.75, 3.05) is 39.3 Å². The van der Waals surface area contributed by atoms with E-state index in [9.17, 15) is 5.11 Å². The fraction of sp³-hybridized carbons (Fsp3) is 0.344. The summed E-state index contributed by atoms with van der Waals surface area (Å²) in [6.07, 6.45) is 3.45. The van der Waals surface area contributed by atoms with E-state index in [0.717, 1.165) is 61.2 Å². The highest BCUT2D eigenvalue weighted by Crippen LogP contribution is 2.37. The maximum atomic E-state index is 10.8. The average molecular weight is 494 g/mol. The molecule has 1 aromatic heterocycles. The molecule has 1 saturated heterocycles. The van der Waals surface area contributed by atoms with Gasteiger partial charge in [0.05, 0.1) is 11.6 Å². The summed E-state index contributed by atoms with van der Waals surface area (Å²) in [5, 5.41) is 11.8. The molecule has 0 amide bonds. The Balaban J connectivity index is 1.10. The summed E-state index contributed by atoms with van der Waals surface area (Å²) in [7, 11) is 0. The Kier molecular flexibility index (Phi) is 6.92. The molecule has 37 heavy (non-hydrogen) atoms. The van der Waals surface area contributed by atoms with Gasteiger partial charge in [-0.2, -0.15) is 0 Å². The fourth-order valence-corrected chi connectivity index (χ4v) is 6.05. The molecule has 1 atom stereocenters. The Morgan fingerprint density at radius 2 is 1.54 bits per heavy atom. The number of β-amino-alcohol motifs (C(OH)–C–C–N with tert-alkyl or cyclic N) is 1. The van der Waals surface area contributed by atoms with Gasteiger partial charge in [0, 0.05) is 44.3 Å². The second kappa shape index (κ2) is 10.6. The van der Waals surface area contributed by atoms with Crippen LogP contribution in [0, 0.1) is 6.92 Å². The Hall–Kier alpha value is -3.25. The lowest BCUT2D eigenvalue weighted by molar-refractivity contribution is 0.0402. The van der Waals surface area contributed by atoms with Crippen LogP contribution in [0.2, 0.25) is 0 Å². The number of fused-ring (bicyclic) bond motifs is 3. The fourth-order valence-electron chi connectivity index (χ4n) is 6.05. The standard InChI is InChI=1S/C32H35N3O2/c1-23-12-15-30-29(11-6-16-33-30)32(23)37-22-26(36)21-34-17-19-35(20-18-34)31-27-9-4-2-7-24(27)13-14-25-8-3-5-10-28(25)31/h2-12,15-16,26,31,36H,13-14,17-22H2,1H3. The first-order chi connectivity index (χ1) is 18.2. The van der Waals surface area contributed by atoms with Gasteiger partial charge < -0.3 is 9.84 Å². The van der Waals surface area contributed by atoms with Crippen molar-refractivity contribution in [3.63, 3.8) is 0 Å². The molecule has 1 aliphatic heterocycles. The molecule has 2 aliphatic rings. The Bertz CT molecular complexity index is 1330. The van der Waals surface area contributed by atoms with Crippen molar-refractivity contribution in [3.05, 3.63) is 107 Å².